The largest absolute Gasteiger partial charge is 0.495 e. The van der Waals surface area contributed by atoms with Crippen LogP contribution in [0.1, 0.15) is 11.1 Å². The van der Waals surface area contributed by atoms with E-state index < -0.39 is 16.2 Å². The lowest BCUT2D eigenvalue weighted by Gasteiger charge is -2.09. The SMILES string of the molecule is COc1cc(-c2nnn(Cc3ccc(C#N)cc3)n2)ccc1S(=O)(=O)OC(N)=O. The highest BCUT2D eigenvalue weighted by molar-refractivity contribution is 7.87. The van der Waals surface area contributed by atoms with Gasteiger partial charge in [-0.25, -0.2) is 4.79 Å². The van der Waals surface area contributed by atoms with E-state index in [-0.39, 0.29) is 16.5 Å². The highest BCUT2D eigenvalue weighted by Crippen LogP contribution is 2.29. The van der Waals surface area contributed by atoms with Crippen molar-refractivity contribution < 1.29 is 22.1 Å². The van der Waals surface area contributed by atoms with Gasteiger partial charge in [0, 0.05) is 5.56 Å². The monoisotopic (exact) mass is 414 g/mol. The fraction of sp³-hybridized carbons (Fsp3) is 0.118. The zero-order valence-electron chi connectivity index (χ0n) is 15.0. The van der Waals surface area contributed by atoms with Gasteiger partial charge in [-0.2, -0.15) is 18.5 Å². The van der Waals surface area contributed by atoms with Gasteiger partial charge in [-0.3, -0.25) is 0 Å². The summed E-state index contributed by atoms with van der Waals surface area (Å²) in [6, 6.07) is 13.0. The van der Waals surface area contributed by atoms with Crippen LogP contribution in [0.25, 0.3) is 11.4 Å². The van der Waals surface area contributed by atoms with Crippen LogP contribution in [0.3, 0.4) is 0 Å². The Morgan fingerprint density at radius 2 is 1.97 bits per heavy atom. The first-order valence-corrected chi connectivity index (χ1v) is 9.42. The first-order valence-electron chi connectivity index (χ1n) is 8.01. The Kier molecular flexibility index (Phi) is 5.42. The van der Waals surface area contributed by atoms with Crippen molar-refractivity contribution in [3.63, 3.8) is 0 Å². The van der Waals surface area contributed by atoms with Crippen molar-refractivity contribution in [2.75, 3.05) is 7.11 Å². The highest BCUT2D eigenvalue weighted by Gasteiger charge is 2.24. The lowest BCUT2D eigenvalue weighted by molar-refractivity contribution is 0.212. The Labute approximate surface area is 165 Å². The van der Waals surface area contributed by atoms with Gasteiger partial charge in [0.15, 0.2) is 0 Å². The molecule has 3 rings (SSSR count). The predicted octanol–water partition coefficient (Wildman–Crippen LogP) is 1.05. The number of nitrogens with two attached hydrogens (primary N) is 1. The summed E-state index contributed by atoms with van der Waals surface area (Å²) in [4.78, 5) is 11.8. The Morgan fingerprint density at radius 1 is 1.24 bits per heavy atom. The zero-order valence-corrected chi connectivity index (χ0v) is 15.8. The molecule has 2 aromatic carbocycles. The van der Waals surface area contributed by atoms with Crippen LogP contribution in [-0.4, -0.2) is 41.8 Å². The number of hydrogen-bond donors (Lipinski definition) is 1. The maximum Gasteiger partial charge on any atom is 0.420 e. The second-order valence-electron chi connectivity index (χ2n) is 5.67. The molecule has 0 bridgehead atoms. The van der Waals surface area contributed by atoms with Gasteiger partial charge in [-0.15, -0.1) is 10.2 Å². The maximum absolute atomic E-state index is 12.1. The normalized spacial score (nSPS) is 10.9. The van der Waals surface area contributed by atoms with Crippen molar-refractivity contribution in [1.29, 1.82) is 5.26 Å². The molecule has 2 N–H and O–H groups in total. The van der Waals surface area contributed by atoms with Gasteiger partial charge in [0.2, 0.25) is 5.82 Å². The number of hydrogen-bond acceptors (Lipinski definition) is 9. The molecule has 0 aliphatic heterocycles. The number of benzene rings is 2. The molecular weight excluding hydrogens is 400 g/mol. The number of amides is 1. The molecule has 12 heteroatoms. The summed E-state index contributed by atoms with van der Waals surface area (Å²) >= 11 is 0. The standard InChI is InChI=1S/C17H14N6O5S/c1-27-14-8-13(6-7-15(14)29(25,26)28-17(19)24)16-20-22-23(21-16)10-12-4-2-11(9-18)3-5-12/h2-8H,10H2,1H3,(H2,19,24). The van der Waals surface area contributed by atoms with Crippen molar-refractivity contribution in [1.82, 2.24) is 20.2 Å². The predicted molar refractivity (Wildman–Crippen MR) is 97.9 cm³/mol. The van der Waals surface area contributed by atoms with E-state index in [1.165, 1.54) is 30.1 Å². The number of carbonyl (C=O) groups excluding carboxylic acids is 1. The molecule has 11 nitrogen and oxygen atoms in total. The van der Waals surface area contributed by atoms with Gasteiger partial charge >= 0.3 is 16.2 Å². The van der Waals surface area contributed by atoms with Crippen LogP contribution in [0.15, 0.2) is 47.4 Å². The molecule has 1 amide bonds. The summed E-state index contributed by atoms with van der Waals surface area (Å²) < 4.78 is 33.3. The zero-order chi connectivity index (χ0) is 21.0. The Bertz CT molecular complexity index is 1200. The van der Waals surface area contributed by atoms with Gasteiger partial charge in [0.1, 0.15) is 10.6 Å². The number of primary amides is 1. The van der Waals surface area contributed by atoms with E-state index >= 15 is 0 Å². The number of nitrogens with zero attached hydrogens (tertiary/aromatic N) is 5. The molecule has 1 aromatic heterocycles. The van der Waals surface area contributed by atoms with Crippen LogP contribution < -0.4 is 10.5 Å². The summed E-state index contributed by atoms with van der Waals surface area (Å²) in [6.07, 6.45) is -1.46. The minimum atomic E-state index is -4.43. The van der Waals surface area contributed by atoms with Gasteiger partial charge in [-0.1, -0.05) is 12.1 Å². The molecular formula is C17H14N6O5S. The highest BCUT2D eigenvalue weighted by atomic mass is 32.2. The Hall–Kier alpha value is -3.98. The smallest absolute Gasteiger partial charge is 0.420 e. The molecule has 3 aromatic rings. The molecule has 0 atom stereocenters. The molecule has 0 fully saturated rings. The van der Waals surface area contributed by atoms with Crippen molar-refractivity contribution in [3.8, 4) is 23.2 Å². The quantitative estimate of drug-likeness (QED) is 0.581. The molecule has 148 valence electrons. The molecule has 0 aliphatic carbocycles. The first-order chi connectivity index (χ1) is 13.8. The fourth-order valence-corrected chi connectivity index (χ4v) is 3.37. The van der Waals surface area contributed by atoms with E-state index in [9.17, 15) is 13.2 Å². The summed E-state index contributed by atoms with van der Waals surface area (Å²) in [7, 11) is -3.17. The molecule has 0 saturated carbocycles. The molecule has 0 spiro atoms. The summed E-state index contributed by atoms with van der Waals surface area (Å²) in [5.74, 6) is 0.156. The molecule has 0 radical (unpaired) electrons. The van der Waals surface area contributed by atoms with E-state index in [0.717, 1.165) is 5.56 Å². The van der Waals surface area contributed by atoms with E-state index in [1.54, 1.807) is 24.3 Å². The average Bonchev–Trinajstić information content (AvgIpc) is 3.15. The Balaban J connectivity index is 1.86. The second-order valence-corrected chi connectivity index (χ2v) is 7.19. The van der Waals surface area contributed by atoms with Crippen molar-refractivity contribution in [2.45, 2.75) is 11.4 Å². The number of carbonyl (C=O) groups is 1. The van der Waals surface area contributed by atoms with Gasteiger partial charge in [-0.05, 0) is 41.1 Å². The summed E-state index contributed by atoms with van der Waals surface area (Å²) in [5.41, 5.74) is 6.63. The van der Waals surface area contributed by atoms with Crippen molar-refractivity contribution in [2.24, 2.45) is 5.73 Å². The van der Waals surface area contributed by atoms with Crippen molar-refractivity contribution >= 4 is 16.2 Å². The summed E-state index contributed by atoms with van der Waals surface area (Å²) in [5, 5.41) is 21.0. The topological polar surface area (TPSA) is 163 Å². The van der Waals surface area contributed by atoms with Crippen LogP contribution in [0.5, 0.6) is 5.75 Å². The summed E-state index contributed by atoms with van der Waals surface area (Å²) in [6.45, 7) is 0.328. The maximum atomic E-state index is 12.1. The Morgan fingerprint density at radius 3 is 2.59 bits per heavy atom. The molecule has 0 unspecified atom stereocenters. The van der Waals surface area contributed by atoms with Crippen LogP contribution >= 0.6 is 0 Å². The number of rotatable bonds is 6. The minimum absolute atomic E-state index is 0.0767. The van der Waals surface area contributed by atoms with E-state index in [4.69, 9.17) is 15.7 Å². The van der Waals surface area contributed by atoms with Crippen molar-refractivity contribution in [3.05, 3.63) is 53.6 Å². The molecule has 0 aliphatic rings. The van der Waals surface area contributed by atoms with E-state index in [1.807, 2.05) is 6.07 Å². The average molecular weight is 414 g/mol. The molecule has 0 saturated heterocycles. The third-order valence-corrected chi connectivity index (χ3v) is 5.00. The number of ether oxygens (including phenoxy) is 1. The van der Waals surface area contributed by atoms with Crippen LogP contribution in [0.4, 0.5) is 4.79 Å². The minimum Gasteiger partial charge on any atom is -0.495 e. The fourth-order valence-electron chi connectivity index (χ4n) is 2.44. The number of methoxy groups -OCH3 is 1. The lowest BCUT2D eigenvalue weighted by atomic mass is 10.1. The van der Waals surface area contributed by atoms with Gasteiger partial charge in [0.05, 0.1) is 25.3 Å². The number of aromatic nitrogens is 4. The first kappa shape index (κ1) is 19.8. The third kappa shape index (κ3) is 4.47. The second kappa shape index (κ2) is 7.95. The lowest BCUT2D eigenvalue weighted by Crippen LogP contribution is -2.19. The number of nitriles is 1. The molecule has 1 heterocycles. The van der Waals surface area contributed by atoms with E-state index in [0.29, 0.717) is 17.7 Å². The van der Waals surface area contributed by atoms with Crippen LogP contribution in [-0.2, 0) is 20.8 Å². The van der Waals surface area contributed by atoms with Gasteiger partial charge < -0.3 is 14.7 Å². The van der Waals surface area contributed by atoms with Gasteiger partial charge in [0.25, 0.3) is 0 Å². The van der Waals surface area contributed by atoms with Crippen LogP contribution in [0, 0.1) is 11.3 Å². The number of tetrazole rings is 1. The third-order valence-electron chi connectivity index (χ3n) is 3.74. The van der Waals surface area contributed by atoms with E-state index in [2.05, 4.69) is 19.6 Å². The van der Waals surface area contributed by atoms with Crippen LogP contribution in [0.2, 0.25) is 0 Å². The molecule has 29 heavy (non-hydrogen) atoms.